The fourth-order valence-corrected chi connectivity index (χ4v) is 1.19. The third-order valence-electron chi connectivity index (χ3n) is 1.92. The van der Waals surface area contributed by atoms with Gasteiger partial charge in [-0.05, 0) is 6.07 Å². The number of aromatic amines is 1. The molecule has 0 fully saturated rings. The minimum absolute atomic E-state index is 0.330. The summed E-state index contributed by atoms with van der Waals surface area (Å²) in [7, 11) is 1.43. The van der Waals surface area contributed by atoms with Gasteiger partial charge >= 0.3 is 6.09 Å². The highest BCUT2D eigenvalue weighted by atomic mass is 16.4. The van der Waals surface area contributed by atoms with Gasteiger partial charge in [0.15, 0.2) is 5.82 Å². The number of aromatic nitrogens is 3. The van der Waals surface area contributed by atoms with Gasteiger partial charge < -0.3 is 10.1 Å². The highest BCUT2D eigenvalue weighted by Crippen LogP contribution is 2.19. The van der Waals surface area contributed by atoms with Crippen molar-refractivity contribution in [1.82, 2.24) is 15.0 Å². The lowest BCUT2D eigenvalue weighted by molar-refractivity contribution is 0.203. The molecule has 2 rings (SSSR count). The zero-order valence-electron chi connectivity index (χ0n) is 7.43. The second-order valence-electron chi connectivity index (χ2n) is 2.77. The largest absolute Gasteiger partial charge is 0.465 e. The number of carbonyl (C=O) groups is 1. The van der Waals surface area contributed by atoms with Crippen LogP contribution >= 0.6 is 0 Å². The first-order valence-corrected chi connectivity index (χ1v) is 3.95. The number of anilines is 1. The lowest BCUT2D eigenvalue weighted by Gasteiger charge is -2.11. The summed E-state index contributed by atoms with van der Waals surface area (Å²) in [5, 5.41) is 8.78. The molecule has 0 saturated heterocycles. The van der Waals surface area contributed by atoms with Crippen molar-refractivity contribution >= 4 is 22.9 Å². The normalized spacial score (nSPS) is 10.4. The Morgan fingerprint density at radius 2 is 2.36 bits per heavy atom. The Morgan fingerprint density at radius 1 is 1.57 bits per heavy atom. The maximum absolute atomic E-state index is 10.7. The summed E-state index contributed by atoms with van der Waals surface area (Å²) >= 11 is 0. The summed E-state index contributed by atoms with van der Waals surface area (Å²) in [6.07, 6.45) is 1.98. The summed E-state index contributed by atoms with van der Waals surface area (Å²) in [6, 6.07) is 1.74. The van der Waals surface area contributed by atoms with Gasteiger partial charge in [0, 0.05) is 13.2 Å². The highest BCUT2D eigenvalue weighted by Gasteiger charge is 2.14. The van der Waals surface area contributed by atoms with Crippen molar-refractivity contribution in [3.05, 3.63) is 18.6 Å². The molecule has 0 radical (unpaired) electrons. The summed E-state index contributed by atoms with van der Waals surface area (Å²) in [6.45, 7) is 0. The van der Waals surface area contributed by atoms with E-state index in [1.807, 2.05) is 0 Å². The summed E-state index contributed by atoms with van der Waals surface area (Å²) in [5.74, 6) is 0.330. The first kappa shape index (κ1) is 8.49. The van der Waals surface area contributed by atoms with Crippen molar-refractivity contribution in [2.45, 2.75) is 0 Å². The molecule has 0 aliphatic rings. The molecule has 2 aromatic heterocycles. The molecule has 2 aromatic rings. The number of nitrogens with zero attached hydrogens (tertiary/aromatic N) is 3. The number of H-pyrrole nitrogens is 1. The zero-order chi connectivity index (χ0) is 10.1. The predicted molar refractivity (Wildman–Crippen MR) is 50.3 cm³/mol. The standard InChI is InChI=1S/C8H8N4O2/c1-12(8(13)14)7-6-5(2-3-9-7)10-4-11-6/h2-4H,1H3,(H,10,11)(H,13,14). The average molecular weight is 192 g/mol. The third kappa shape index (κ3) is 1.17. The zero-order valence-corrected chi connectivity index (χ0v) is 7.43. The van der Waals surface area contributed by atoms with E-state index in [4.69, 9.17) is 5.11 Å². The van der Waals surface area contributed by atoms with Crippen molar-refractivity contribution in [1.29, 1.82) is 0 Å². The molecule has 6 nitrogen and oxygen atoms in total. The van der Waals surface area contributed by atoms with Gasteiger partial charge in [0.2, 0.25) is 0 Å². The van der Waals surface area contributed by atoms with Gasteiger partial charge in [0.25, 0.3) is 0 Å². The van der Waals surface area contributed by atoms with E-state index in [-0.39, 0.29) is 0 Å². The van der Waals surface area contributed by atoms with Crippen LogP contribution in [0.5, 0.6) is 0 Å². The van der Waals surface area contributed by atoms with Gasteiger partial charge in [-0.3, -0.25) is 4.90 Å². The van der Waals surface area contributed by atoms with E-state index in [2.05, 4.69) is 15.0 Å². The summed E-state index contributed by atoms with van der Waals surface area (Å²) < 4.78 is 0. The number of pyridine rings is 1. The van der Waals surface area contributed by atoms with Crippen molar-refractivity contribution in [3.8, 4) is 0 Å². The molecule has 2 heterocycles. The molecule has 0 aliphatic carbocycles. The van der Waals surface area contributed by atoms with Crippen LogP contribution in [0.15, 0.2) is 18.6 Å². The maximum Gasteiger partial charge on any atom is 0.412 e. The Hall–Kier alpha value is -2.11. The number of fused-ring (bicyclic) bond motifs is 1. The van der Waals surface area contributed by atoms with Gasteiger partial charge in [-0.2, -0.15) is 0 Å². The number of hydrogen-bond acceptors (Lipinski definition) is 3. The van der Waals surface area contributed by atoms with Crippen molar-refractivity contribution in [3.63, 3.8) is 0 Å². The van der Waals surface area contributed by atoms with Crippen LogP contribution in [0.25, 0.3) is 11.0 Å². The number of imidazole rings is 1. The van der Waals surface area contributed by atoms with Gasteiger partial charge in [-0.1, -0.05) is 0 Å². The molecule has 0 spiro atoms. The number of carboxylic acid groups (broad SMARTS) is 1. The molecule has 6 heteroatoms. The Labute approximate surface area is 79.2 Å². The maximum atomic E-state index is 10.7. The monoisotopic (exact) mass is 192 g/mol. The molecule has 72 valence electrons. The molecular formula is C8H8N4O2. The average Bonchev–Trinajstić information content (AvgIpc) is 2.63. The molecule has 0 saturated carbocycles. The smallest absolute Gasteiger partial charge is 0.412 e. The molecular weight excluding hydrogens is 184 g/mol. The van der Waals surface area contributed by atoms with E-state index in [0.717, 1.165) is 10.4 Å². The van der Waals surface area contributed by atoms with Crippen molar-refractivity contribution < 1.29 is 9.90 Å². The van der Waals surface area contributed by atoms with Gasteiger partial charge in [-0.15, -0.1) is 0 Å². The number of hydrogen-bond donors (Lipinski definition) is 2. The van der Waals surface area contributed by atoms with E-state index < -0.39 is 6.09 Å². The van der Waals surface area contributed by atoms with Crippen molar-refractivity contribution in [2.24, 2.45) is 0 Å². The van der Waals surface area contributed by atoms with Crippen LogP contribution in [-0.2, 0) is 0 Å². The number of nitrogens with one attached hydrogen (secondary N) is 1. The predicted octanol–water partition coefficient (Wildman–Crippen LogP) is 1.07. The van der Waals surface area contributed by atoms with Crippen LogP contribution in [0, 0.1) is 0 Å². The Balaban J connectivity index is 2.61. The first-order chi connectivity index (χ1) is 6.70. The molecule has 0 atom stereocenters. The van der Waals surface area contributed by atoms with Crippen molar-refractivity contribution in [2.75, 3.05) is 11.9 Å². The van der Waals surface area contributed by atoms with Crippen LogP contribution in [0.1, 0.15) is 0 Å². The van der Waals surface area contributed by atoms with E-state index in [1.54, 1.807) is 6.07 Å². The number of rotatable bonds is 1. The van der Waals surface area contributed by atoms with Gasteiger partial charge in [0.05, 0.1) is 11.8 Å². The molecule has 0 aromatic carbocycles. The van der Waals surface area contributed by atoms with Crippen LogP contribution < -0.4 is 4.90 Å². The lowest BCUT2D eigenvalue weighted by atomic mass is 10.4. The number of amides is 1. The van der Waals surface area contributed by atoms with E-state index >= 15 is 0 Å². The fourth-order valence-electron chi connectivity index (χ4n) is 1.19. The molecule has 1 amide bonds. The SMILES string of the molecule is CN(C(=O)O)c1nccc2[nH]cnc12. The quantitative estimate of drug-likeness (QED) is 0.708. The Morgan fingerprint density at radius 3 is 3.07 bits per heavy atom. The van der Waals surface area contributed by atoms with Crippen LogP contribution in [0.2, 0.25) is 0 Å². The fraction of sp³-hybridized carbons (Fsp3) is 0.125. The highest BCUT2D eigenvalue weighted by molar-refractivity contribution is 5.95. The Bertz CT molecular complexity index is 479. The molecule has 0 aliphatic heterocycles. The van der Waals surface area contributed by atoms with Crippen LogP contribution in [0.4, 0.5) is 10.6 Å². The van der Waals surface area contributed by atoms with E-state index in [0.29, 0.717) is 11.3 Å². The van der Waals surface area contributed by atoms with E-state index in [9.17, 15) is 4.79 Å². The topological polar surface area (TPSA) is 82.1 Å². The third-order valence-corrected chi connectivity index (χ3v) is 1.92. The Kier molecular flexibility index (Phi) is 1.81. The summed E-state index contributed by atoms with van der Waals surface area (Å²) in [4.78, 5) is 22.6. The summed E-state index contributed by atoms with van der Waals surface area (Å²) in [5.41, 5.74) is 1.32. The minimum atomic E-state index is -1.06. The van der Waals surface area contributed by atoms with Crippen LogP contribution in [0.3, 0.4) is 0 Å². The van der Waals surface area contributed by atoms with E-state index in [1.165, 1.54) is 19.6 Å². The minimum Gasteiger partial charge on any atom is -0.465 e. The first-order valence-electron chi connectivity index (χ1n) is 3.95. The van der Waals surface area contributed by atoms with Gasteiger partial charge in [0.1, 0.15) is 5.52 Å². The van der Waals surface area contributed by atoms with Gasteiger partial charge in [-0.25, -0.2) is 14.8 Å². The molecule has 14 heavy (non-hydrogen) atoms. The molecule has 0 bridgehead atoms. The molecule has 0 unspecified atom stereocenters. The second-order valence-corrected chi connectivity index (χ2v) is 2.77. The van der Waals surface area contributed by atoms with Crippen LogP contribution in [-0.4, -0.2) is 33.2 Å². The molecule has 2 N–H and O–H groups in total. The second kappa shape index (κ2) is 2.99. The lowest BCUT2D eigenvalue weighted by Crippen LogP contribution is -2.24.